The fourth-order valence-electron chi connectivity index (χ4n) is 2.66. The molecule has 2 rings (SSSR count). The van der Waals surface area contributed by atoms with Crippen LogP contribution in [-0.2, 0) is 19.2 Å². The Labute approximate surface area is 149 Å². The molecule has 1 aliphatic heterocycles. The minimum absolute atomic E-state index is 0.0286. The number of likely N-dealkylation sites (tertiary alicyclic amines) is 1. The lowest BCUT2D eigenvalue weighted by atomic mass is 9.89. The molecule has 1 heterocycles. The summed E-state index contributed by atoms with van der Waals surface area (Å²) >= 11 is 0.995. The van der Waals surface area contributed by atoms with Gasteiger partial charge in [0.1, 0.15) is 0 Å². The number of piperidine rings is 1. The lowest BCUT2D eigenvalue weighted by Crippen LogP contribution is -2.47. The van der Waals surface area contributed by atoms with Crippen LogP contribution in [0.25, 0.3) is 0 Å². The Balaban J connectivity index is 1.83. The summed E-state index contributed by atoms with van der Waals surface area (Å²) in [7, 11) is 0. The second-order valence-electron chi connectivity index (χ2n) is 5.62. The van der Waals surface area contributed by atoms with E-state index in [1.165, 1.54) is 4.90 Å². The number of amides is 3. The van der Waals surface area contributed by atoms with Crippen molar-refractivity contribution >= 4 is 35.5 Å². The number of carbonyl (C=O) groups excluding carboxylic acids is 3. The number of hydrogen-bond acceptors (Lipinski definition) is 5. The van der Waals surface area contributed by atoms with Crippen LogP contribution in [0.2, 0.25) is 0 Å². The maximum atomic E-state index is 12.6. The molecule has 134 valence electrons. The molecule has 1 saturated heterocycles. The SMILES string of the molecule is O=C(O)CSCC(=O)NCCN1C(=O)CCC(c2ccccc2)C1=O. The molecule has 0 radical (unpaired) electrons. The van der Waals surface area contributed by atoms with E-state index in [1.54, 1.807) is 0 Å². The van der Waals surface area contributed by atoms with Crippen molar-refractivity contribution in [2.24, 2.45) is 0 Å². The van der Waals surface area contributed by atoms with Crippen LogP contribution in [0.3, 0.4) is 0 Å². The zero-order valence-electron chi connectivity index (χ0n) is 13.6. The number of carboxylic acid groups (broad SMARTS) is 1. The Morgan fingerprint density at radius 1 is 1.20 bits per heavy atom. The molecule has 1 aromatic rings. The van der Waals surface area contributed by atoms with Gasteiger partial charge in [-0.3, -0.25) is 24.1 Å². The quantitative estimate of drug-likeness (QED) is 0.663. The largest absolute Gasteiger partial charge is 0.481 e. The van der Waals surface area contributed by atoms with Gasteiger partial charge < -0.3 is 10.4 Å². The third kappa shape index (κ3) is 5.60. The number of rotatable bonds is 8. The summed E-state index contributed by atoms with van der Waals surface area (Å²) in [4.78, 5) is 47.8. The second kappa shape index (κ2) is 9.22. The zero-order chi connectivity index (χ0) is 18.2. The van der Waals surface area contributed by atoms with Crippen molar-refractivity contribution in [2.45, 2.75) is 18.8 Å². The minimum atomic E-state index is -0.978. The zero-order valence-corrected chi connectivity index (χ0v) is 14.5. The first-order valence-electron chi connectivity index (χ1n) is 7.94. The summed E-state index contributed by atoms with van der Waals surface area (Å²) in [6, 6.07) is 9.34. The molecular weight excluding hydrogens is 344 g/mol. The molecular formula is C17H20N2O5S. The fraction of sp³-hybridized carbons (Fsp3) is 0.412. The summed E-state index contributed by atoms with van der Waals surface area (Å²) in [6.07, 6.45) is 0.796. The van der Waals surface area contributed by atoms with Gasteiger partial charge in [-0.2, -0.15) is 0 Å². The predicted octanol–water partition coefficient (Wildman–Crippen LogP) is 0.853. The fourth-order valence-corrected chi connectivity index (χ4v) is 3.22. The summed E-state index contributed by atoms with van der Waals surface area (Å²) in [5.74, 6) is -2.21. The van der Waals surface area contributed by atoms with Gasteiger partial charge in [0, 0.05) is 19.5 Å². The van der Waals surface area contributed by atoms with E-state index in [2.05, 4.69) is 5.32 Å². The molecule has 0 saturated carbocycles. The van der Waals surface area contributed by atoms with Crippen molar-refractivity contribution in [1.82, 2.24) is 10.2 Å². The minimum Gasteiger partial charge on any atom is -0.481 e. The number of carboxylic acids is 1. The third-order valence-corrected chi connectivity index (χ3v) is 4.75. The Morgan fingerprint density at radius 2 is 1.92 bits per heavy atom. The van der Waals surface area contributed by atoms with Crippen molar-refractivity contribution in [3.63, 3.8) is 0 Å². The van der Waals surface area contributed by atoms with Crippen LogP contribution >= 0.6 is 11.8 Å². The lowest BCUT2D eigenvalue weighted by Gasteiger charge is -2.31. The van der Waals surface area contributed by atoms with Crippen LogP contribution in [0.5, 0.6) is 0 Å². The van der Waals surface area contributed by atoms with Crippen molar-refractivity contribution < 1.29 is 24.3 Å². The van der Waals surface area contributed by atoms with Gasteiger partial charge in [-0.05, 0) is 12.0 Å². The number of carbonyl (C=O) groups is 4. The number of imide groups is 1. The molecule has 8 heteroatoms. The molecule has 7 nitrogen and oxygen atoms in total. The first kappa shape index (κ1) is 19.0. The van der Waals surface area contributed by atoms with Gasteiger partial charge in [0.05, 0.1) is 17.4 Å². The third-order valence-electron chi connectivity index (χ3n) is 3.83. The average molecular weight is 364 g/mol. The monoisotopic (exact) mass is 364 g/mol. The number of nitrogens with zero attached hydrogens (tertiary/aromatic N) is 1. The summed E-state index contributed by atoms with van der Waals surface area (Å²) in [6.45, 7) is 0.280. The Morgan fingerprint density at radius 3 is 2.60 bits per heavy atom. The smallest absolute Gasteiger partial charge is 0.313 e. The highest BCUT2D eigenvalue weighted by Crippen LogP contribution is 2.28. The van der Waals surface area contributed by atoms with Crippen molar-refractivity contribution in [2.75, 3.05) is 24.6 Å². The molecule has 25 heavy (non-hydrogen) atoms. The molecule has 1 fully saturated rings. The van der Waals surface area contributed by atoms with Crippen LogP contribution in [0.15, 0.2) is 30.3 Å². The highest BCUT2D eigenvalue weighted by atomic mass is 32.2. The average Bonchev–Trinajstić information content (AvgIpc) is 2.58. The highest BCUT2D eigenvalue weighted by molar-refractivity contribution is 8.00. The topological polar surface area (TPSA) is 104 Å². The van der Waals surface area contributed by atoms with Crippen molar-refractivity contribution in [3.05, 3.63) is 35.9 Å². The van der Waals surface area contributed by atoms with Crippen LogP contribution in [-0.4, -0.2) is 58.3 Å². The van der Waals surface area contributed by atoms with Gasteiger partial charge in [0.15, 0.2) is 0 Å². The van der Waals surface area contributed by atoms with Crippen molar-refractivity contribution in [3.8, 4) is 0 Å². The molecule has 0 spiro atoms. The summed E-state index contributed by atoms with van der Waals surface area (Å²) in [5, 5.41) is 11.1. The van der Waals surface area contributed by atoms with Gasteiger partial charge in [0.2, 0.25) is 17.7 Å². The van der Waals surface area contributed by atoms with E-state index in [0.717, 1.165) is 17.3 Å². The number of benzene rings is 1. The molecule has 1 unspecified atom stereocenters. The maximum Gasteiger partial charge on any atom is 0.313 e. The maximum absolute atomic E-state index is 12.6. The molecule has 2 N–H and O–H groups in total. The van der Waals surface area contributed by atoms with E-state index in [1.807, 2.05) is 30.3 Å². The summed E-state index contributed by atoms with van der Waals surface area (Å²) < 4.78 is 0. The van der Waals surface area contributed by atoms with Gasteiger partial charge >= 0.3 is 5.97 Å². The van der Waals surface area contributed by atoms with Crippen LogP contribution in [0.4, 0.5) is 0 Å². The first-order chi connectivity index (χ1) is 12.0. The first-order valence-corrected chi connectivity index (χ1v) is 9.10. The Kier molecular flexibility index (Phi) is 7.00. The van der Waals surface area contributed by atoms with E-state index < -0.39 is 5.97 Å². The molecule has 1 atom stereocenters. The number of aliphatic carboxylic acids is 1. The van der Waals surface area contributed by atoms with Gasteiger partial charge in [-0.15, -0.1) is 11.8 Å². The normalized spacial score (nSPS) is 17.4. The predicted molar refractivity (Wildman–Crippen MR) is 93.1 cm³/mol. The van der Waals surface area contributed by atoms with E-state index in [0.29, 0.717) is 12.8 Å². The number of nitrogens with one attached hydrogen (secondary N) is 1. The Hall–Kier alpha value is -2.35. The van der Waals surface area contributed by atoms with E-state index >= 15 is 0 Å². The van der Waals surface area contributed by atoms with E-state index in [-0.39, 0.29) is 48.2 Å². The molecule has 1 aliphatic rings. The molecule has 0 aliphatic carbocycles. The van der Waals surface area contributed by atoms with Gasteiger partial charge in [0.25, 0.3) is 0 Å². The number of hydrogen-bond donors (Lipinski definition) is 2. The van der Waals surface area contributed by atoms with Crippen LogP contribution in [0, 0.1) is 0 Å². The molecule has 0 aromatic heterocycles. The molecule has 3 amide bonds. The highest BCUT2D eigenvalue weighted by Gasteiger charge is 2.34. The Bertz CT molecular complexity index is 650. The van der Waals surface area contributed by atoms with E-state index in [4.69, 9.17) is 5.11 Å². The number of thioether (sulfide) groups is 1. The summed E-state index contributed by atoms with van der Waals surface area (Å²) in [5.41, 5.74) is 0.888. The van der Waals surface area contributed by atoms with Crippen LogP contribution in [0.1, 0.15) is 24.3 Å². The van der Waals surface area contributed by atoms with E-state index in [9.17, 15) is 19.2 Å². The van der Waals surface area contributed by atoms with Crippen molar-refractivity contribution in [1.29, 1.82) is 0 Å². The second-order valence-corrected chi connectivity index (χ2v) is 6.61. The standard InChI is InChI=1S/C17H20N2O5S/c20-14(10-25-11-16(22)23)18-8-9-19-15(21)7-6-13(17(19)24)12-4-2-1-3-5-12/h1-5,13H,6-11H2,(H,18,20)(H,22,23). The lowest BCUT2D eigenvalue weighted by molar-refractivity contribution is -0.149. The molecule has 1 aromatic carbocycles. The van der Waals surface area contributed by atoms with Crippen LogP contribution < -0.4 is 5.32 Å². The molecule has 0 bridgehead atoms. The van der Waals surface area contributed by atoms with Gasteiger partial charge in [-0.25, -0.2) is 0 Å². The van der Waals surface area contributed by atoms with Gasteiger partial charge in [-0.1, -0.05) is 30.3 Å².